The molecule has 2 heteroatoms. The lowest BCUT2D eigenvalue weighted by molar-refractivity contribution is 0.0370. The fourth-order valence-corrected chi connectivity index (χ4v) is 3.76. The molecule has 0 bridgehead atoms. The number of fused-ring (bicyclic) bond motifs is 1. The lowest BCUT2D eigenvalue weighted by atomic mass is 9.73. The summed E-state index contributed by atoms with van der Waals surface area (Å²) < 4.78 is 0. The number of hydrogen-bond acceptors (Lipinski definition) is 2. The smallest absolute Gasteiger partial charge is 0.0615 e. The number of likely N-dealkylation sites (tertiary alicyclic amines) is 1. The Morgan fingerprint density at radius 1 is 1.17 bits per heavy atom. The van der Waals surface area contributed by atoms with Crippen molar-refractivity contribution < 1.29 is 5.11 Å². The van der Waals surface area contributed by atoms with E-state index in [4.69, 9.17) is 0 Å². The number of aliphatic hydroxyl groups excluding tert-OH is 1. The van der Waals surface area contributed by atoms with Crippen LogP contribution < -0.4 is 0 Å². The van der Waals surface area contributed by atoms with Gasteiger partial charge in [-0.15, -0.1) is 0 Å². The van der Waals surface area contributed by atoms with Gasteiger partial charge in [0.1, 0.15) is 0 Å². The summed E-state index contributed by atoms with van der Waals surface area (Å²) in [5.41, 5.74) is 2.81. The minimum absolute atomic E-state index is 0.142. The van der Waals surface area contributed by atoms with Gasteiger partial charge in [-0.3, -0.25) is 0 Å². The molecule has 1 aromatic rings. The van der Waals surface area contributed by atoms with Crippen molar-refractivity contribution in [2.45, 2.75) is 31.8 Å². The molecule has 1 fully saturated rings. The second-order valence-corrected chi connectivity index (χ2v) is 6.07. The molecule has 2 aliphatic rings. The molecule has 1 aliphatic carbocycles. The Balaban J connectivity index is 1.78. The van der Waals surface area contributed by atoms with Crippen LogP contribution in [-0.2, 0) is 12.8 Å². The summed E-state index contributed by atoms with van der Waals surface area (Å²) in [6, 6.07) is 8.61. The summed E-state index contributed by atoms with van der Waals surface area (Å²) in [7, 11) is 2.20. The Morgan fingerprint density at radius 2 is 1.89 bits per heavy atom. The summed E-state index contributed by atoms with van der Waals surface area (Å²) >= 11 is 0. The molecule has 1 saturated heterocycles. The molecule has 18 heavy (non-hydrogen) atoms. The van der Waals surface area contributed by atoms with Gasteiger partial charge in [-0.05, 0) is 62.2 Å². The van der Waals surface area contributed by atoms with Gasteiger partial charge in [-0.25, -0.2) is 0 Å². The summed E-state index contributed by atoms with van der Waals surface area (Å²) in [6.07, 6.45) is 4.34. The average molecular weight is 245 g/mol. The summed E-state index contributed by atoms with van der Waals surface area (Å²) in [5, 5.41) is 10.4. The Kier molecular flexibility index (Phi) is 3.40. The van der Waals surface area contributed by atoms with Crippen LogP contribution in [-0.4, -0.2) is 36.2 Å². The van der Waals surface area contributed by atoms with Crippen LogP contribution in [0.25, 0.3) is 0 Å². The quantitative estimate of drug-likeness (QED) is 0.819. The number of benzene rings is 1. The van der Waals surface area contributed by atoms with Crippen molar-refractivity contribution in [2.24, 2.45) is 11.8 Å². The molecule has 0 amide bonds. The molecule has 3 unspecified atom stereocenters. The van der Waals surface area contributed by atoms with Gasteiger partial charge in [0.15, 0.2) is 0 Å². The van der Waals surface area contributed by atoms with Crippen molar-refractivity contribution in [2.75, 3.05) is 20.1 Å². The molecule has 98 valence electrons. The van der Waals surface area contributed by atoms with E-state index in [-0.39, 0.29) is 6.10 Å². The standard InChI is InChI=1S/C16H23NO/c1-17-8-4-7-14(11-17)15-9-12-5-2-3-6-13(12)10-16(15)18/h2-3,5-6,14-16,18H,4,7-11H2,1H3. The van der Waals surface area contributed by atoms with Gasteiger partial charge < -0.3 is 10.0 Å². The Hall–Kier alpha value is -0.860. The highest BCUT2D eigenvalue weighted by Gasteiger charge is 2.34. The molecule has 3 rings (SSSR count). The maximum Gasteiger partial charge on any atom is 0.0615 e. The summed E-state index contributed by atoms with van der Waals surface area (Å²) in [4.78, 5) is 2.42. The SMILES string of the molecule is CN1CCCC(C2Cc3ccccc3CC2O)C1. The van der Waals surface area contributed by atoms with Crippen molar-refractivity contribution in [3.05, 3.63) is 35.4 Å². The van der Waals surface area contributed by atoms with Crippen LogP contribution in [0.1, 0.15) is 24.0 Å². The summed E-state index contributed by atoms with van der Waals surface area (Å²) in [5.74, 6) is 1.13. The van der Waals surface area contributed by atoms with Crippen molar-refractivity contribution in [3.63, 3.8) is 0 Å². The van der Waals surface area contributed by atoms with Crippen molar-refractivity contribution in [3.8, 4) is 0 Å². The fraction of sp³-hybridized carbons (Fsp3) is 0.625. The number of nitrogens with zero attached hydrogens (tertiary/aromatic N) is 1. The van der Waals surface area contributed by atoms with Crippen molar-refractivity contribution in [1.29, 1.82) is 0 Å². The number of piperidine rings is 1. The van der Waals surface area contributed by atoms with Crippen LogP contribution in [0.2, 0.25) is 0 Å². The van der Waals surface area contributed by atoms with Crippen LogP contribution in [0, 0.1) is 11.8 Å². The second kappa shape index (κ2) is 5.02. The van der Waals surface area contributed by atoms with Crippen LogP contribution in [0.15, 0.2) is 24.3 Å². The maximum atomic E-state index is 10.4. The minimum atomic E-state index is -0.142. The molecule has 1 heterocycles. The van der Waals surface area contributed by atoms with Crippen LogP contribution in [0.4, 0.5) is 0 Å². The monoisotopic (exact) mass is 245 g/mol. The Morgan fingerprint density at radius 3 is 2.61 bits per heavy atom. The highest BCUT2D eigenvalue weighted by molar-refractivity contribution is 5.31. The molecule has 1 aliphatic heterocycles. The first-order chi connectivity index (χ1) is 8.74. The zero-order chi connectivity index (χ0) is 12.5. The molecule has 2 nitrogen and oxygen atoms in total. The molecule has 3 atom stereocenters. The van der Waals surface area contributed by atoms with Gasteiger partial charge in [-0.2, -0.15) is 0 Å². The first kappa shape index (κ1) is 12.2. The van der Waals surface area contributed by atoms with E-state index in [0.717, 1.165) is 19.4 Å². The van der Waals surface area contributed by atoms with Gasteiger partial charge >= 0.3 is 0 Å². The highest BCUT2D eigenvalue weighted by atomic mass is 16.3. The van der Waals surface area contributed by atoms with E-state index in [1.807, 2.05) is 0 Å². The van der Waals surface area contributed by atoms with Gasteiger partial charge in [0.2, 0.25) is 0 Å². The third-order valence-corrected chi connectivity index (χ3v) is 4.76. The van der Waals surface area contributed by atoms with E-state index in [2.05, 4.69) is 36.2 Å². The van der Waals surface area contributed by atoms with Crippen LogP contribution in [0.3, 0.4) is 0 Å². The van der Waals surface area contributed by atoms with Crippen molar-refractivity contribution in [1.82, 2.24) is 4.90 Å². The number of hydrogen-bond donors (Lipinski definition) is 1. The Labute approximate surface area is 110 Å². The van der Waals surface area contributed by atoms with E-state index >= 15 is 0 Å². The number of aliphatic hydroxyl groups is 1. The molecule has 0 aromatic heterocycles. The predicted octanol–water partition coefficient (Wildman–Crippen LogP) is 2.10. The average Bonchev–Trinajstić information content (AvgIpc) is 2.38. The maximum absolute atomic E-state index is 10.4. The zero-order valence-corrected chi connectivity index (χ0v) is 11.2. The molecule has 0 saturated carbocycles. The Bertz CT molecular complexity index is 417. The highest BCUT2D eigenvalue weighted by Crippen LogP contribution is 2.34. The zero-order valence-electron chi connectivity index (χ0n) is 11.2. The van der Waals surface area contributed by atoms with E-state index in [0.29, 0.717) is 11.8 Å². The largest absolute Gasteiger partial charge is 0.392 e. The molecule has 0 spiro atoms. The number of rotatable bonds is 1. The topological polar surface area (TPSA) is 23.5 Å². The third kappa shape index (κ3) is 2.32. The minimum Gasteiger partial charge on any atom is -0.392 e. The predicted molar refractivity (Wildman–Crippen MR) is 73.6 cm³/mol. The van der Waals surface area contributed by atoms with Gasteiger partial charge in [0.25, 0.3) is 0 Å². The lowest BCUT2D eigenvalue weighted by Gasteiger charge is -2.40. The first-order valence-electron chi connectivity index (χ1n) is 7.17. The van der Waals surface area contributed by atoms with Crippen LogP contribution >= 0.6 is 0 Å². The third-order valence-electron chi connectivity index (χ3n) is 4.76. The van der Waals surface area contributed by atoms with Gasteiger partial charge in [0, 0.05) is 6.54 Å². The van der Waals surface area contributed by atoms with E-state index in [1.54, 1.807) is 0 Å². The molecular weight excluding hydrogens is 222 g/mol. The van der Waals surface area contributed by atoms with E-state index in [9.17, 15) is 5.11 Å². The second-order valence-electron chi connectivity index (χ2n) is 6.07. The van der Waals surface area contributed by atoms with Crippen molar-refractivity contribution >= 4 is 0 Å². The molecule has 0 radical (unpaired) electrons. The molecule has 1 N–H and O–H groups in total. The normalized spacial score (nSPS) is 33.1. The van der Waals surface area contributed by atoms with E-state index < -0.39 is 0 Å². The molecular formula is C16H23NO. The lowest BCUT2D eigenvalue weighted by Crippen LogP contribution is -2.43. The molecule has 1 aromatic carbocycles. The van der Waals surface area contributed by atoms with Gasteiger partial charge in [-0.1, -0.05) is 24.3 Å². The van der Waals surface area contributed by atoms with Crippen LogP contribution in [0.5, 0.6) is 0 Å². The van der Waals surface area contributed by atoms with Gasteiger partial charge in [0.05, 0.1) is 6.10 Å². The van der Waals surface area contributed by atoms with E-state index in [1.165, 1.54) is 30.5 Å². The fourth-order valence-electron chi connectivity index (χ4n) is 3.76. The first-order valence-corrected chi connectivity index (χ1v) is 7.17. The summed E-state index contributed by atoms with van der Waals surface area (Å²) in [6.45, 7) is 2.37.